The standard InChI is InChI=1S/C14H18BrN3O/c1-16-7-3-4-14-17-9-12(18-14)10-5-6-13(19-2)11(15)8-10/h5-6,8-9,16H,3-4,7H2,1-2H3,(H,17,18). The largest absolute Gasteiger partial charge is 0.496 e. The topological polar surface area (TPSA) is 49.9 Å². The zero-order valence-electron chi connectivity index (χ0n) is 11.2. The molecular formula is C14H18BrN3O. The Hall–Kier alpha value is -1.33. The van der Waals surface area contributed by atoms with Crippen LogP contribution in [-0.4, -0.2) is 30.7 Å². The molecule has 0 unspecified atom stereocenters. The zero-order valence-corrected chi connectivity index (χ0v) is 12.8. The Bertz CT molecular complexity index is 539. The molecule has 0 aliphatic carbocycles. The first-order valence-electron chi connectivity index (χ1n) is 6.27. The summed E-state index contributed by atoms with van der Waals surface area (Å²) in [6.45, 7) is 1.00. The molecule has 2 aromatic rings. The molecular weight excluding hydrogens is 306 g/mol. The molecule has 1 heterocycles. The first kappa shape index (κ1) is 14.1. The van der Waals surface area contributed by atoms with Crippen molar-refractivity contribution in [1.29, 1.82) is 0 Å². The third kappa shape index (κ3) is 3.58. The van der Waals surface area contributed by atoms with Gasteiger partial charge in [0.2, 0.25) is 0 Å². The minimum Gasteiger partial charge on any atom is -0.496 e. The second kappa shape index (κ2) is 6.73. The van der Waals surface area contributed by atoms with E-state index < -0.39 is 0 Å². The maximum atomic E-state index is 5.23. The summed E-state index contributed by atoms with van der Waals surface area (Å²) in [5, 5.41) is 3.13. The van der Waals surface area contributed by atoms with Crippen molar-refractivity contribution in [2.75, 3.05) is 20.7 Å². The number of H-pyrrole nitrogens is 1. The molecule has 0 saturated carbocycles. The number of hydrogen-bond donors (Lipinski definition) is 2. The molecule has 0 amide bonds. The first-order chi connectivity index (χ1) is 9.24. The molecule has 0 bridgehead atoms. The molecule has 0 saturated heterocycles. The van der Waals surface area contributed by atoms with Gasteiger partial charge in [0.05, 0.1) is 23.5 Å². The second-order valence-corrected chi connectivity index (χ2v) is 5.15. The normalized spacial score (nSPS) is 10.7. The lowest BCUT2D eigenvalue weighted by atomic mass is 10.1. The Morgan fingerprint density at radius 2 is 2.26 bits per heavy atom. The van der Waals surface area contributed by atoms with Crippen LogP contribution >= 0.6 is 15.9 Å². The summed E-state index contributed by atoms with van der Waals surface area (Å²) in [6.07, 6.45) is 3.91. The Labute approximate surface area is 121 Å². The van der Waals surface area contributed by atoms with E-state index >= 15 is 0 Å². The number of methoxy groups -OCH3 is 1. The van der Waals surface area contributed by atoms with Crippen molar-refractivity contribution in [2.45, 2.75) is 12.8 Å². The van der Waals surface area contributed by atoms with Gasteiger partial charge < -0.3 is 15.0 Å². The predicted octanol–water partition coefficient (Wildman–Crippen LogP) is 3.00. The molecule has 2 N–H and O–H groups in total. The van der Waals surface area contributed by atoms with Gasteiger partial charge in [0.25, 0.3) is 0 Å². The molecule has 0 aliphatic rings. The van der Waals surface area contributed by atoms with Crippen LogP contribution in [0.5, 0.6) is 5.75 Å². The monoisotopic (exact) mass is 323 g/mol. The van der Waals surface area contributed by atoms with Crippen molar-refractivity contribution in [1.82, 2.24) is 15.3 Å². The Kier molecular flexibility index (Phi) is 4.99. The van der Waals surface area contributed by atoms with Crippen LogP contribution in [0.25, 0.3) is 11.3 Å². The predicted molar refractivity (Wildman–Crippen MR) is 80.5 cm³/mol. The molecule has 5 heteroatoms. The average Bonchev–Trinajstić information content (AvgIpc) is 2.88. The van der Waals surface area contributed by atoms with Gasteiger partial charge in [-0.1, -0.05) is 0 Å². The van der Waals surface area contributed by atoms with E-state index in [0.717, 1.165) is 46.7 Å². The number of nitrogens with one attached hydrogen (secondary N) is 2. The van der Waals surface area contributed by atoms with Gasteiger partial charge in [-0.05, 0) is 54.1 Å². The smallest absolute Gasteiger partial charge is 0.133 e. The highest BCUT2D eigenvalue weighted by Crippen LogP contribution is 2.29. The van der Waals surface area contributed by atoms with E-state index in [-0.39, 0.29) is 0 Å². The number of ether oxygens (including phenoxy) is 1. The number of rotatable bonds is 6. The highest BCUT2D eigenvalue weighted by atomic mass is 79.9. The van der Waals surface area contributed by atoms with Crippen molar-refractivity contribution >= 4 is 15.9 Å². The number of nitrogens with zero attached hydrogens (tertiary/aromatic N) is 1. The molecule has 19 heavy (non-hydrogen) atoms. The quantitative estimate of drug-likeness (QED) is 0.803. The maximum Gasteiger partial charge on any atom is 0.133 e. The molecule has 0 fully saturated rings. The van der Waals surface area contributed by atoms with E-state index in [9.17, 15) is 0 Å². The van der Waals surface area contributed by atoms with Crippen LogP contribution in [-0.2, 0) is 6.42 Å². The molecule has 0 atom stereocenters. The molecule has 0 spiro atoms. The van der Waals surface area contributed by atoms with Crippen molar-refractivity contribution in [2.24, 2.45) is 0 Å². The lowest BCUT2D eigenvalue weighted by Gasteiger charge is -2.04. The summed E-state index contributed by atoms with van der Waals surface area (Å²) in [7, 11) is 3.62. The van der Waals surface area contributed by atoms with E-state index in [4.69, 9.17) is 4.74 Å². The van der Waals surface area contributed by atoms with Crippen LogP contribution in [0.1, 0.15) is 12.2 Å². The van der Waals surface area contributed by atoms with Gasteiger partial charge in [-0.15, -0.1) is 0 Å². The molecule has 1 aromatic carbocycles. The van der Waals surface area contributed by atoms with Crippen LogP contribution in [0.4, 0.5) is 0 Å². The number of benzene rings is 1. The average molecular weight is 324 g/mol. The van der Waals surface area contributed by atoms with Crippen LogP contribution < -0.4 is 10.1 Å². The SMILES string of the molecule is CNCCCc1ncc(-c2ccc(OC)c(Br)c2)[nH]1. The summed E-state index contributed by atoms with van der Waals surface area (Å²) in [6, 6.07) is 6.00. The van der Waals surface area contributed by atoms with E-state index in [1.54, 1.807) is 7.11 Å². The van der Waals surface area contributed by atoms with Crippen molar-refractivity contribution in [3.05, 3.63) is 34.7 Å². The molecule has 0 radical (unpaired) electrons. The fourth-order valence-corrected chi connectivity index (χ4v) is 2.44. The van der Waals surface area contributed by atoms with Crippen LogP contribution in [0.15, 0.2) is 28.9 Å². The Morgan fingerprint density at radius 3 is 2.95 bits per heavy atom. The summed E-state index contributed by atoms with van der Waals surface area (Å²) < 4.78 is 6.17. The number of aromatic amines is 1. The fourth-order valence-electron chi connectivity index (χ4n) is 1.90. The summed E-state index contributed by atoms with van der Waals surface area (Å²) in [5.41, 5.74) is 2.13. The number of aryl methyl sites for hydroxylation is 1. The van der Waals surface area contributed by atoms with Crippen LogP contribution in [0, 0.1) is 0 Å². The molecule has 1 aromatic heterocycles. The van der Waals surface area contributed by atoms with Gasteiger partial charge in [-0.2, -0.15) is 0 Å². The number of imidazole rings is 1. The van der Waals surface area contributed by atoms with Gasteiger partial charge in [-0.3, -0.25) is 0 Å². The van der Waals surface area contributed by atoms with E-state index in [0.29, 0.717) is 0 Å². The van der Waals surface area contributed by atoms with Crippen LogP contribution in [0.3, 0.4) is 0 Å². The Morgan fingerprint density at radius 1 is 1.42 bits per heavy atom. The molecule has 4 nitrogen and oxygen atoms in total. The van der Waals surface area contributed by atoms with Crippen LogP contribution in [0.2, 0.25) is 0 Å². The number of halogens is 1. The maximum absolute atomic E-state index is 5.23. The third-order valence-corrected chi connectivity index (χ3v) is 3.55. The zero-order chi connectivity index (χ0) is 13.7. The van der Waals surface area contributed by atoms with Gasteiger partial charge in [0.1, 0.15) is 11.6 Å². The first-order valence-corrected chi connectivity index (χ1v) is 7.06. The summed E-state index contributed by atoms with van der Waals surface area (Å²) in [4.78, 5) is 7.76. The summed E-state index contributed by atoms with van der Waals surface area (Å²) in [5.74, 6) is 1.86. The van der Waals surface area contributed by atoms with Gasteiger partial charge in [0.15, 0.2) is 0 Å². The number of hydrogen-bond acceptors (Lipinski definition) is 3. The lowest BCUT2D eigenvalue weighted by Crippen LogP contribution is -2.08. The molecule has 102 valence electrons. The van der Waals surface area contributed by atoms with Gasteiger partial charge >= 0.3 is 0 Å². The summed E-state index contributed by atoms with van der Waals surface area (Å²) >= 11 is 3.50. The third-order valence-electron chi connectivity index (χ3n) is 2.93. The van der Waals surface area contributed by atoms with Crippen molar-refractivity contribution in [3.8, 4) is 17.0 Å². The highest BCUT2D eigenvalue weighted by molar-refractivity contribution is 9.10. The fraction of sp³-hybridized carbons (Fsp3) is 0.357. The van der Waals surface area contributed by atoms with Crippen molar-refractivity contribution in [3.63, 3.8) is 0 Å². The van der Waals surface area contributed by atoms with E-state index in [1.165, 1.54) is 0 Å². The number of aromatic nitrogens is 2. The lowest BCUT2D eigenvalue weighted by molar-refractivity contribution is 0.412. The molecule has 0 aliphatic heterocycles. The minimum atomic E-state index is 0.831. The van der Waals surface area contributed by atoms with Crippen molar-refractivity contribution < 1.29 is 4.74 Å². The minimum absolute atomic E-state index is 0.831. The van der Waals surface area contributed by atoms with Gasteiger partial charge in [-0.25, -0.2) is 4.98 Å². The van der Waals surface area contributed by atoms with E-state index in [1.807, 2.05) is 31.4 Å². The highest BCUT2D eigenvalue weighted by Gasteiger charge is 2.06. The second-order valence-electron chi connectivity index (χ2n) is 4.30. The van der Waals surface area contributed by atoms with Gasteiger partial charge in [0, 0.05) is 12.0 Å². The Balaban J connectivity index is 2.11. The van der Waals surface area contributed by atoms with E-state index in [2.05, 4.69) is 31.2 Å². The molecule has 2 rings (SSSR count).